The van der Waals surface area contributed by atoms with Gasteiger partial charge in [-0.3, -0.25) is 4.79 Å². The largest absolute Gasteiger partial charge is 0.481 e. The lowest BCUT2D eigenvalue weighted by molar-refractivity contribution is -0.127. The third-order valence-electron chi connectivity index (χ3n) is 3.67. The molecule has 0 aliphatic carbocycles. The fraction of sp³-hybridized carbons (Fsp3) is 0.211. The van der Waals surface area contributed by atoms with Crippen molar-refractivity contribution < 1.29 is 14.6 Å². The quantitative estimate of drug-likeness (QED) is 0.659. The first-order chi connectivity index (χ1) is 12.1. The normalized spacial score (nSPS) is 13.2. The maximum atomic E-state index is 12.2. The predicted octanol–water partition coefficient (Wildman–Crippen LogP) is 3.98. The molecular formula is C19H19NO3S2. The maximum absolute atomic E-state index is 12.2. The van der Waals surface area contributed by atoms with Crippen molar-refractivity contribution in [3.8, 4) is 5.75 Å². The van der Waals surface area contributed by atoms with Crippen molar-refractivity contribution in [3.05, 3.63) is 74.6 Å². The van der Waals surface area contributed by atoms with E-state index < -0.39 is 12.2 Å². The Morgan fingerprint density at radius 3 is 2.72 bits per heavy atom. The molecule has 4 nitrogen and oxygen atoms in total. The van der Waals surface area contributed by atoms with E-state index in [1.807, 2.05) is 59.3 Å². The Kier molecular flexibility index (Phi) is 5.86. The van der Waals surface area contributed by atoms with Crippen LogP contribution in [0.4, 0.5) is 0 Å². The number of ether oxygens (including phenoxy) is 1. The molecule has 0 saturated carbocycles. The summed E-state index contributed by atoms with van der Waals surface area (Å²) in [6.45, 7) is 2.14. The zero-order valence-corrected chi connectivity index (χ0v) is 15.3. The van der Waals surface area contributed by atoms with E-state index in [9.17, 15) is 9.90 Å². The number of benzene rings is 1. The van der Waals surface area contributed by atoms with Crippen LogP contribution in [-0.2, 0) is 11.3 Å². The fourth-order valence-electron chi connectivity index (χ4n) is 2.31. The Balaban J connectivity index is 1.52. The summed E-state index contributed by atoms with van der Waals surface area (Å²) in [4.78, 5) is 14.0. The molecule has 1 amide bonds. The average Bonchev–Trinajstić information content (AvgIpc) is 3.32. The van der Waals surface area contributed by atoms with Crippen LogP contribution in [0.15, 0.2) is 59.3 Å². The number of hydrogen-bond donors (Lipinski definition) is 2. The number of nitrogens with one attached hydrogen (secondary N) is 1. The molecule has 0 radical (unpaired) electrons. The molecular weight excluding hydrogens is 354 g/mol. The molecule has 1 aromatic carbocycles. The van der Waals surface area contributed by atoms with E-state index in [1.165, 1.54) is 11.3 Å². The highest BCUT2D eigenvalue weighted by Gasteiger charge is 2.16. The summed E-state index contributed by atoms with van der Waals surface area (Å²) >= 11 is 3.06. The first kappa shape index (κ1) is 17.7. The molecule has 2 aromatic heterocycles. The minimum Gasteiger partial charge on any atom is -0.481 e. The molecule has 6 heteroatoms. The Bertz CT molecular complexity index is 799. The number of carbonyl (C=O) groups excluding carboxylic acids is 1. The summed E-state index contributed by atoms with van der Waals surface area (Å²) in [5.74, 6) is 0.500. The van der Waals surface area contributed by atoms with Crippen molar-refractivity contribution in [2.45, 2.75) is 25.7 Å². The van der Waals surface area contributed by atoms with Crippen molar-refractivity contribution in [2.75, 3.05) is 0 Å². The van der Waals surface area contributed by atoms with Gasteiger partial charge in [0.2, 0.25) is 0 Å². The van der Waals surface area contributed by atoms with Gasteiger partial charge in [-0.1, -0.05) is 18.2 Å². The zero-order chi connectivity index (χ0) is 17.6. The van der Waals surface area contributed by atoms with Crippen molar-refractivity contribution in [1.29, 1.82) is 0 Å². The molecule has 0 aliphatic rings. The van der Waals surface area contributed by atoms with E-state index in [4.69, 9.17) is 4.74 Å². The molecule has 2 N–H and O–H groups in total. The van der Waals surface area contributed by atoms with Gasteiger partial charge >= 0.3 is 0 Å². The number of amides is 1. The van der Waals surface area contributed by atoms with Crippen LogP contribution in [0.2, 0.25) is 0 Å². The lowest BCUT2D eigenvalue weighted by Gasteiger charge is -2.14. The number of rotatable bonds is 7. The van der Waals surface area contributed by atoms with E-state index >= 15 is 0 Å². The molecule has 0 saturated heterocycles. The fourth-order valence-corrected chi connectivity index (χ4v) is 3.95. The van der Waals surface area contributed by atoms with Gasteiger partial charge < -0.3 is 15.2 Å². The van der Waals surface area contributed by atoms with Gasteiger partial charge in [-0.2, -0.15) is 11.3 Å². The number of carbonyl (C=O) groups is 1. The van der Waals surface area contributed by atoms with Gasteiger partial charge in [0, 0.05) is 9.75 Å². The van der Waals surface area contributed by atoms with Gasteiger partial charge in [0.05, 0.1) is 6.54 Å². The van der Waals surface area contributed by atoms with Gasteiger partial charge in [0.15, 0.2) is 6.10 Å². The highest BCUT2D eigenvalue weighted by Crippen LogP contribution is 2.29. The van der Waals surface area contributed by atoms with E-state index in [1.54, 1.807) is 18.3 Å². The molecule has 0 bridgehead atoms. The average molecular weight is 373 g/mol. The van der Waals surface area contributed by atoms with Crippen molar-refractivity contribution in [1.82, 2.24) is 5.32 Å². The summed E-state index contributed by atoms with van der Waals surface area (Å²) in [7, 11) is 0. The lowest BCUT2D eigenvalue weighted by atomic mass is 10.2. The van der Waals surface area contributed by atoms with Crippen LogP contribution in [0.5, 0.6) is 5.75 Å². The second-order valence-corrected chi connectivity index (χ2v) is 7.53. The standard InChI is InChI=1S/C19H19NO3S2/c1-13(23-15-5-3-2-4-6-15)19(22)20-11-16-7-8-17(25-16)18(21)14-9-10-24-12-14/h2-10,12-13,18,21H,11H2,1H3,(H,20,22)/t13-,18-/m1/s1. The molecule has 2 atom stereocenters. The Morgan fingerprint density at radius 1 is 1.20 bits per heavy atom. The molecule has 0 aliphatic heterocycles. The number of hydrogen-bond acceptors (Lipinski definition) is 5. The highest BCUT2D eigenvalue weighted by atomic mass is 32.1. The van der Waals surface area contributed by atoms with Gasteiger partial charge in [0.25, 0.3) is 5.91 Å². The van der Waals surface area contributed by atoms with Crippen LogP contribution in [0.3, 0.4) is 0 Å². The lowest BCUT2D eigenvalue weighted by Crippen LogP contribution is -2.35. The third kappa shape index (κ3) is 4.69. The van der Waals surface area contributed by atoms with Crippen LogP contribution in [0.25, 0.3) is 0 Å². The smallest absolute Gasteiger partial charge is 0.261 e. The second kappa shape index (κ2) is 8.29. The number of aliphatic hydroxyl groups is 1. The molecule has 0 unspecified atom stereocenters. The molecule has 3 aromatic rings. The van der Waals surface area contributed by atoms with Crippen LogP contribution >= 0.6 is 22.7 Å². The van der Waals surface area contributed by atoms with Gasteiger partial charge in [-0.25, -0.2) is 0 Å². The van der Waals surface area contributed by atoms with E-state index in [0.29, 0.717) is 12.3 Å². The SMILES string of the molecule is C[C@@H](Oc1ccccc1)C(=O)NCc1ccc([C@H](O)c2ccsc2)s1. The monoisotopic (exact) mass is 373 g/mol. The third-order valence-corrected chi connectivity index (χ3v) is 5.51. The Morgan fingerprint density at radius 2 is 2.00 bits per heavy atom. The van der Waals surface area contributed by atoms with Crippen molar-refractivity contribution in [3.63, 3.8) is 0 Å². The minimum absolute atomic E-state index is 0.169. The van der Waals surface area contributed by atoms with Crippen LogP contribution in [-0.4, -0.2) is 17.1 Å². The summed E-state index contributed by atoms with van der Waals surface area (Å²) in [5, 5.41) is 17.1. The molecule has 25 heavy (non-hydrogen) atoms. The Hall–Kier alpha value is -2.15. The summed E-state index contributed by atoms with van der Waals surface area (Å²) < 4.78 is 5.61. The highest BCUT2D eigenvalue weighted by molar-refractivity contribution is 7.12. The van der Waals surface area contributed by atoms with Gasteiger partial charge in [-0.05, 0) is 53.6 Å². The molecule has 130 valence electrons. The van der Waals surface area contributed by atoms with Gasteiger partial charge in [0.1, 0.15) is 11.9 Å². The van der Waals surface area contributed by atoms with E-state index in [0.717, 1.165) is 15.3 Å². The minimum atomic E-state index is -0.610. The van der Waals surface area contributed by atoms with Crippen LogP contribution in [0, 0.1) is 0 Å². The summed E-state index contributed by atoms with van der Waals surface area (Å²) in [6.07, 6.45) is -1.18. The van der Waals surface area contributed by atoms with Gasteiger partial charge in [-0.15, -0.1) is 11.3 Å². The van der Waals surface area contributed by atoms with Crippen LogP contribution < -0.4 is 10.1 Å². The number of thiophene rings is 2. The molecule has 3 rings (SSSR count). The first-order valence-electron chi connectivity index (χ1n) is 7.91. The van der Waals surface area contributed by atoms with E-state index in [-0.39, 0.29) is 5.91 Å². The van der Waals surface area contributed by atoms with Crippen molar-refractivity contribution >= 4 is 28.6 Å². The number of para-hydroxylation sites is 1. The first-order valence-corrected chi connectivity index (χ1v) is 9.67. The zero-order valence-electron chi connectivity index (χ0n) is 13.7. The summed E-state index contributed by atoms with van der Waals surface area (Å²) in [5.41, 5.74) is 0.896. The molecule has 2 heterocycles. The second-order valence-electron chi connectivity index (χ2n) is 5.55. The molecule has 0 spiro atoms. The maximum Gasteiger partial charge on any atom is 0.261 e. The van der Waals surface area contributed by atoms with Crippen molar-refractivity contribution in [2.24, 2.45) is 0 Å². The Labute approximate surface area is 154 Å². The predicted molar refractivity (Wildman–Crippen MR) is 101 cm³/mol. The van der Waals surface area contributed by atoms with Crippen LogP contribution in [0.1, 0.15) is 28.3 Å². The summed E-state index contributed by atoms with van der Waals surface area (Å²) in [6, 6.07) is 15.0. The number of aliphatic hydroxyl groups excluding tert-OH is 1. The van der Waals surface area contributed by atoms with E-state index in [2.05, 4.69) is 5.32 Å². The topological polar surface area (TPSA) is 58.6 Å². The molecule has 0 fully saturated rings.